The minimum Gasteiger partial charge on any atom is -0.493 e. The molecule has 4 rings (SSSR count). The number of para-hydroxylation sites is 1. The molecule has 2 aliphatic heterocycles. The SMILES string of the molecule is CCCOc1ccccc1C(=O)N1C2CCC1CN(C(=O)[C@H]1CC1(C)C)C2. The molecule has 1 saturated carbocycles. The molecule has 3 aliphatic rings. The largest absolute Gasteiger partial charge is 0.493 e. The van der Waals surface area contributed by atoms with Crippen molar-refractivity contribution in [2.24, 2.45) is 11.3 Å². The number of fused-ring (bicyclic) bond motifs is 2. The Morgan fingerprint density at radius 3 is 2.37 bits per heavy atom. The van der Waals surface area contributed by atoms with E-state index in [9.17, 15) is 9.59 Å². The van der Waals surface area contributed by atoms with Gasteiger partial charge in [0.25, 0.3) is 5.91 Å². The molecule has 1 aromatic carbocycles. The molecule has 2 bridgehead atoms. The number of hydrogen-bond acceptors (Lipinski definition) is 3. The Hall–Kier alpha value is -2.04. The molecular formula is C22H30N2O3. The van der Waals surface area contributed by atoms with Gasteiger partial charge < -0.3 is 14.5 Å². The van der Waals surface area contributed by atoms with Crippen molar-refractivity contribution in [3.63, 3.8) is 0 Å². The number of carbonyl (C=O) groups excluding carboxylic acids is 2. The molecule has 3 atom stereocenters. The maximum Gasteiger partial charge on any atom is 0.258 e. The van der Waals surface area contributed by atoms with Gasteiger partial charge in [-0.15, -0.1) is 0 Å². The van der Waals surface area contributed by atoms with Crippen LogP contribution in [0.5, 0.6) is 5.75 Å². The predicted molar refractivity (Wildman–Crippen MR) is 104 cm³/mol. The van der Waals surface area contributed by atoms with Crippen LogP contribution in [-0.4, -0.2) is 53.4 Å². The van der Waals surface area contributed by atoms with Gasteiger partial charge in [-0.1, -0.05) is 32.9 Å². The summed E-state index contributed by atoms with van der Waals surface area (Å²) in [6, 6.07) is 7.78. The van der Waals surface area contributed by atoms with Gasteiger partial charge in [-0.05, 0) is 43.2 Å². The predicted octanol–water partition coefficient (Wildman–Crippen LogP) is 3.34. The molecule has 27 heavy (non-hydrogen) atoms. The zero-order valence-electron chi connectivity index (χ0n) is 16.6. The lowest BCUT2D eigenvalue weighted by Crippen LogP contribution is -2.57. The van der Waals surface area contributed by atoms with E-state index in [-0.39, 0.29) is 35.2 Å². The first-order chi connectivity index (χ1) is 12.9. The van der Waals surface area contributed by atoms with E-state index in [0.717, 1.165) is 25.7 Å². The number of nitrogens with zero attached hydrogens (tertiary/aromatic N) is 2. The Morgan fingerprint density at radius 1 is 1.15 bits per heavy atom. The average molecular weight is 370 g/mol. The molecule has 2 unspecified atom stereocenters. The first-order valence-corrected chi connectivity index (χ1v) is 10.3. The van der Waals surface area contributed by atoms with Gasteiger partial charge in [0.1, 0.15) is 5.75 Å². The Kier molecular flexibility index (Phi) is 4.65. The fourth-order valence-corrected chi connectivity index (χ4v) is 4.64. The van der Waals surface area contributed by atoms with Gasteiger partial charge in [0.2, 0.25) is 5.91 Å². The molecule has 5 heteroatoms. The third kappa shape index (κ3) is 3.32. The molecule has 2 heterocycles. The highest BCUT2D eigenvalue weighted by Crippen LogP contribution is 2.53. The molecule has 1 aromatic rings. The van der Waals surface area contributed by atoms with Crippen molar-refractivity contribution in [3.8, 4) is 5.75 Å². The van der Waals surface area contributed by atoms with Crippen LogP contribution in [0.25, 0.3) is 0 Å². The number of ether oxygens (including phenoxy) is 1. The molecule has 0 N–H and O–H groups in total. The van der Waals surface area contributed by atoms with E-state index in [0.29, 0.717) is 31.0 Å². The van der Waals surface area contributed by atoms with Gasteiger partial charge in [0.05, 0.1) is 24.3 Å². The molecule has 5 nitrogen and oxygen atoms in total. The van der Waals surface area contributed by atoms with E-state index in [2.05, 4.69) is 20.8 Å². The molecular weight excluding hydrogens is 340 g/mol. The van der Waals surface area contributed by atoms with Crippen molar-refractivity contribution in [3.05, 3.63) is 29.8 Å². The summed E-state index contributed by atoms with van der Waals surface area (Å²) in [7, 11) is 0. The smallest absolute Gasteiger partial charge is 0.258 e. The molecule has 2 saturated heterocycles. The summed E-state index contributed by atoms with van der Waals surface area (Å²) in [5.41, 5.74) is 0.796. The molecule has 3 fully saturated rings. The molecule has 0 radical (unpaired) electrons. The maximum atomic E-state index is 13.3. The van der Waals surface area contributed by atoms with Gasteiger partial charge in [-0.2, -0.15) is 0 Å². The first-order valence-electron chi connectivity index (χ1n) is 10.3. The normalized spacial score (nSPS) is 28.2. The molecule has 0 spiro atoms. The highest BCUT2D eigenvalue weighted by Gasteiger charge is 2.54. The third-order valence-corrected chi connectivity index (χ3v) is 6.42. The van der Waals surface area contributed by atoms with Crippen molar-refractivity contribution in [2.75, 3.05) is 19.7 Å². The average Bonchev–Trinajstić information content (AvgIpc) is 3.22. The van der Waals surface area contributed by atoms with Gasteiger partial charge in [-0.25, -0.2) is 0 Å². The van der Waals surface area contributed by atoms with Crippen LogP contribution in [0.1, 0.15) is 56.8 Å². The van der Waals surface area contributed by atoms with Crippen LogP contribution in [0.2, 0.25) is 0 Å². The van der Waals surface area contributed by atoms with Crippen LogP contribution in [0.3, 0.4) is 0 Å². The Bertz CT molecular complexity index is 731. The van der Waals surface area contributed by atoms with Crippen molar-refractivity contribution in [2.45, 2.75) is 58.5 Å². The van der Waals surface area contributed by atoms with E-state index in [4.69, 9.17) is 4.74 Å². The Balaban J connectivity index is 1.49. The third-order valence-electron chi connectivity index (χ3n) is 6.42. The van der Waals surface area contributed by atoms with Crippen LogP contribution in [0, 0.1) is 11.3 Å². The van der Waals surface area contributed by atoms with Crippen LogP contribution in [-0.2, 0) is 4.79 Å². The number of hydrogen-bond donors (Lipinski definition) is 0. The van der Waals surface area contributed by atoms with Crippen LogP contribution >= 0.6 is 0 Å². The van der Waals surface area contributed by atoms with Gasteiger partial charge in [0.15, 0.2) is 0 Å². The number of carbonyl (C=O) groups is 2. The summed E-state index contributed by atoms with van der Waals surface area (Å²) in [4.78, 5) is 30.2. The minimum atomic E-state index is 0.0491. The highest BCUT2D eigenvalue weighted by molar-refractivity contribution is 5.97. The zero-order valence-corrected chi connectivity index (χ0v) is 16.6. The van der Waals surface area contributed by atoms with Gasteiger partial charge >= 0.3 is 0 Å². The van der Waals surface area contributed by atoms with Crippen molar-refractivity contribution in [1.29, 1.82) is 0 Å². The molecule has 0 aromatic heterocycles. The number of likely N-dealkylation sites (tertiary alicyclic amines) is 1. The lowest BCUT2D eigenvalue weighted by atomic mass is 10.1. The molecule has 1 aliphatic carbocycles. The van der Waals surface area contributed by atoms with Crippen molar-refractivity contribution in [1.82, 2.24) is 9.80 Å². The van der Waals surface area contributed by atoms with E-state index < -0.39 is 0 Å². The maximum absolute atomic E-state index is 13.3. The summed E-state index contributed by atoms with van der Waals surface area (Å²) in [6.45, 7) is 8.34. The molecule has 146 valence electrons. The number of piperazine rings is 1. The summed E-state index contributed by atoms with van der Waals surface area (Å²) >= 11 is 0. The topological polar surface area (TPSA) is 49.9 Å². The number of amides is 2. The summed E-state index contributed by atoms with van der Waals surface area (Å²) in [5.74, 6) is 1.17. The van der Waals surface area contributed by atoms with Crippen LogP contribution < -0.4 is 4.74 Å². The lowest BCUT2D eigenvalue weighted by molar-refractivity contribution is -0.136. The van der Waals surface area contributed by atoms with Gasteiger partial charge in [0, 0.05) is 19.0 Å². The summed E-state index contributed by atoms with van der Waals surface area (Å²) < 4.78 is 5.80. The Labute approximate surface area is 161 Å². The van der Waals surface area contributed by atoms with E-state index >= 15 is 0 Å². The fraction of sp³-hybridized carbons (Fsp3) is 0.636. The zero-order chi connectivity index (χ0) is 19.2. The fourth-order valence-electron chi connectivity index (χ4n) is 4.64. The van der Waals surface area contributed by atoms with Crippen LogP contribution in [0.15, 0.2) is 24.3 Å². The second-order valence-electron chi connectivity index (χ2n) is 8.93. The summed E-state index contributed by atoms with van der Waals surface area (Å²) in [6.07, 6.45) is 3.85. The van der Waals surface area contributed by atoms with E-state index in [1.807, 2.05) is 34.1 Å². The van der Waals surface area contributed by atoms with E-state index in [1.165, 1.54) is 0 Å². The Morgan fingerprint density at radius 2 is 1.78 bits per heavy atom. The van der Waals surface area contributed by atoms with E-state index in [1.54, 1.807) is 0 Å². The monoisotopic (exact) mass is 370 g/mol. The molecule has 2 amide bonds. The second kappa shape index (κ2) is 6.84. The standard InChI is InChI=1S/C22H30N2O3/c1-4-11-27-19-8-6-5-7-17(19)20(25)24-15-9-10-16(24)14-23(13-15)21(26)18-12-22(18,2)3/h5-8,15-16,18H,4,9-14H2,1-3H3/t15?,16?,18-/m1/s1. The number of benzene rings is 1. The highest BCUT2D eigenvalue weighted by atomic mass is 16.5. The van der Waals surface area contributed by atoms with Crippen molar-refractivity contribution >= 4 is 11.8 Å². The van der Waals surface area contributed by atoms with Crippen molar-refractivity contribution < 1.29 is 14.3 Å². The first kappa shape index (κ1) is 18.3. The van der Waals surface area contributed by atoms with Gasteiger partial charge in [-0.3, -0.25) is 9.59 Å². The number of rotatable bonds is 5. The van der Waals surface area contributed by atoms with Crippen LogP contribution in [0.4, 0.5) is 0 Å². The minimum absolute atomic E-state index is 0.0491. The summed E-state index contributed by atoms with van der Waals surface area (Å²) in [5, 5.41) is 0. The quantitative estimate of drug-likeness (QED) is 0.799. The second-order valence-corrected chi connectivity index (χ2v) is 8.93. The lowest BCUT2D eigenvalue weighted by Gasteiger charge is -2.41.